The smallest absolute Gasteiger partial charge is 0.337 e. The summed E-state index contributed by atoms with van der Waals surface area (Å²) in [5.74, 6) is -0.0468. The summed E-state index contributed by atoms with van der Waals surface area (Å²) in [6.45, 7) is 0. The van der Waals surface area contributed by atoms with Crippen LogP contribution in [-0.4, -0.2) is 15.2 Å². The lowest BCUT2D eigenvalue weighted by atomic mass is 10.1. The number of aromatic nitrogens is 3. The van der Waals surface area contributed by atoms with Crippen molar-refractivity contribution in [3.8, 4) is 6.07 Å². The van der Waals surface area contributed by atoms with Gasteiger partial charge in [0.1, 0.15) is 0 Å². The van der Waals surface area contributed by atoms with Crippen molar-refractivity contribution in [3.05, 3.63) is 39.8 Å². The van der Waals surface area contributed by atoms with Gasteiger partial charge >= 0.3 is 6.18 Å². The standard InChI is InChI=1S/C11H4Cl2F3N5/c12-8-9(19-10(13)21-20-8)18-6-2-1-5(4-17)7(3-6)11(14,15)16/h1-3H,(H,18,19,21). The van der Waals surface area contributed by atoms with E-state index in [1.54, 1.807) is 0 Å². The van der Waals surface area contributed by atoms with Crippen molar-refractivity contribution in [1.29, 1.82) is 5.26 Å². The molecule has 2 aromatic rings. The normalized spacial score (nSPS) is 11.0. The van der Waals surface area contributed by atoms with Crippen LogP contribution in [0.25, 0.3) is 0 Å². The van der Waals surface area contributed by atoms with E-state index in [-0.39, 0.29) is 21.9 Å². The number of nitriles is 1. The van der Waals surface area contributed by atoms with Crippen molar-refractivity contribution in [2.24, 2.45) is 0 Å². The van der Waals surface area contributed by atoms with Crippen LogP contribution in [0.5, 0.6) is 0 Å². The zero-order valence-electron chi connectivity index (χ0n) is 9.91. The molecule has 0 bridgehead atoms. The Labute approximate surface area is 126 Å². The van der Waals surface area contributed by atoms with Crippen molar-refractivity contribution in [1.82, 2.24) is 15.2 Å². The number of rotatable bonds is 2. The SMILES string of the molecule is N#Cc1ccc(Nc2nc(Cl)nnc2Cl)cc1C(F)(F)F. The fourth-order valence-electron chi connectivity index (χ4n) is 1.46. The van der Waals surface area contributed by atoms with Gasteiger partial charge in [0.25, 0.3) is 0 Å². The van der Waals surface area contributed by atoms with Gasteiger partial charge in [0.15, 0.2) is 11.0 Å². The minimum atomic E-state index is -4.66. The van der Waals surface area contributed by atoms with E-state index in [9.17, 15) is 13.2 Å². The number of benzene rings is 1. The highest BCUT2D eigenvalue weighted by molar-refractivity contribution is 6.32. The number of alkyl halides is 3. The number of anilines is 2. The fourth-order valence-corrected chi connectivity index (χ4v) is 1.71. The Morgan fingerprint density at radius 2 is 1.90 bits per heavy atom. The quantitative estimate of drug-likeness (QED) is 0.904. The zero-order valence-corrected chi connectivity index (χ0v) is 11.4. The molecule has 21 heavy (non-hydrogen) atoms. The van der Waals surface area contributed by atoms with Crippen LogP contribution in [-0.2, 0) is 6.18 Å². The second-order valence-electron chi connectivity index (χ2n) is 3.72. The molecular weight excluding hydrogens is 330 g/mol. The van der Waals surface area contributed by atoms with Gasteiger partial charge in [-0.25, -0.2) is 0 Å². The molecule has 0 spiro atoms. The summed E-state index contributed by atoms with van der Waals surface area (Å²) in [7, 11) is 0. The van der Waals surface area contributed by atoms with Crippen LogP contribution in [0.4, 0.5) is 24.7 Å². The van der Waals surface area contributed by atoms with Gasteiger partial charge in [-0.05, 0) is 29.8 Å². The Morgan fingerprint density at radius 3 is 2.52 bits per heavy atom. The maximum absolute atomic E-state index is 12.8. The van der Waals surface area contributed by atoms with E-state index in [0.29, 0.717) is 0 Å². The lowest BCUT2D eigenvalue weighted by molar-refractivity contribution is -0.137. The predicted molar refractivity (Wildman–Crippen MR) is 69.3 cm³/mol. The maximum atomic E-state index is 12.8. The van der Waals surface area contributed by atoms with E-state index in [1.165, 1.54) is 12.1 Å². The summed E-state index contributed by atoms with van der Waals surface area (Å²) in [5.41, 5.74) is -1.53. The van der Waals surface area contributed by atoms with Gasteiger partial charge in [0.2, 0.25) is 5.28 Å². The number of hydrogen-bond donors (Lipinski definition) is 1. The second kappa shape index (κ2) is 5.71. The number of nitrogens with zero attached hydrogens (tertiary/aromatic N) is 4. The van der Waals surface area contributed by atoms with Crippen LogP contribution in [0, 0.1) is 11.3 Å². The highest BCUT2D eigenvalue weighted by Gasteiger charge is 2.33. The largest absolute Gasteiger partial charge is 0.417 e. The molecule has 0 amide bonds. The predicted octanol–water partition coefficient (Wildman–Crippen LogP) is 3.81. The molecule has 2 rings (SSSR count). The Balaban J connectivity index is 2.42. The van der Waals surface area contributed by atoms with E-state index in [0.717, 1.165) is 12.1 Å². The van der Waals surface area contributed by atoms with Crippen LogP contribution < -0.4 is 5.32 Å². The van der Waals surface area contributed by atoms with Crippen LogP contribution in [0.3, 0.4) is 0 Å². The Bertz CT molecular complexity index is 727. The summed E-state index contributed by atoms with van der Waals surface area (Å²) in [5, 5.41) is 17.7. The van der Waals surface area contributed by atoms with Crippen molar-refractivity contribution >= 4 is 34.7 Å². The molecule has 0 atom stereocenters. The third-order valence-electron chi connectivity index (χ3n) is 2.33. The third-order valence-corrected chi connectivity index (χ3v) is 2.74. The van der Waals surface area contributed by atoms with Gasteiger partial charge in [-0.1, -0.05) is 11.6 Å². The molecule has 5 nitrogen and oxygen atoms in total. The molecular formula is C11H4Cl2F3N5. The van der Waals surface area contributed by atoms with Gasteiger partial charge in [-0.3, -0.25) is 0 Å². The molecule has 0 fully saturated rings. The van der Waals surface area contributed by atoms with Crippen LogP contribution in [0.1, 0.15) is 11.1 Å². The molecule has 10 heteroatoms. The average Bonchev–Trinajstić information content (AvgIpc) is 2.42. The molecule has 0 aliphatic carbocycles. The molecule has 108 valence electrons. The van der Waals surface area contributed by atoms with Gasteiger partial charge in [-0.15, -0.1) is 10.2 Å². The Hall–Kier alpha value is -2.11. The molecule has 0 aliphatic rings. The number of hydrogen-bond acceptors (Lipinski definition) is 5. The molecule has 1 N–H and O–H groups in total. The van der Waals surface area contributed by atoms with E-state index in [1.807, 2.05) is 0 Å². The molecule has 0 saturated carbocycles. The van der Waals surface area contributed by atoms with Gasteiger partial charge in [0.05, 0.1) is 17.2 Å². The van der Waals surface area contributed by atoms with E-state index < -0.39 is 17.3 Å². The van der Waals surface area contributed by atoms with Crippen LogP contribution in [0.15, 0.2) is 18.2 Å². The molecule has 1 aromatic heterocycles. The minimum Gasteiger partial charge on any atom is -0.337 e. The van der Waals surface area contributed by atoms with Crippen molar-refractivity contribution in [2.45, 2.75) is 6.18 Å². The first-order valence-corrected chi connectivity index (χ1v) is 6.01. The number of nitrogens with one attached hydrogen (secondary N) is 1. The van der Waals surface area contributed by atoms with E-state index in [4.69, 9.17) is 28.5 Å². The third kappa shape index (κ3) is 3.51. The fraction of sp³-hybridized carbons (Fsp3) is 0.0909. The highest BCUT2D eigenvalue weighted by Crippen LogP contribution is 2.34. The van der Waals surface area contributed by atoms with E-state index in [2.05, 4.69) is 20.5 Å². The van der Waals surface area contributed by atoms with Gasteiger partial charge in [-0.2, -0.15) is 23.4 Å². The monoisotopic (exact) mass is 333 g/mol. The summed E-state index contributed by atoms with van der Waals surface area (Å²) in [4.78, 5) is 3.70. The first-order valence-electron chi connectivity index (χ1n) is 5.25. The average molecular weight is 334 g/mol. The molecule has 1 heterocycles. The summed E-state index contributed by atoms with van der Waals surface area (Å²) >= 11 is 11.2. The topological polar surface area (TPSA) is 74.5 Å². The Morgan fingerprint density at radius 1 is 1.19 bits per heavy atom. The summed E-state index contributed by atoms with van der Waals surface area (Å²) in [6, 6.07) is 4.56. The lowest BCUT2D eigenvalue weighted by Gasteiger charge is -2.12. The lowest BCUT2D eigenvalue weighted by Crippen LogP contribution is -2.09. The van der Waals surface area contributed by atoms with Crippen molar-refractivity contribution in [2.75, 3.05) is 5.32 Å². The second-order valence-corrected chi connectivity index (χ2v) is 4.41. The molecule has 0 aliphatic heterocycles. The number of halogens is 5. The first kappa shape index (κ1) is 15.3. The highest BCUT2D eigenvalue weighted by atomic mass is 35.5. The minimum absolute atomic E-state index is 0.0276. The van der Waals surface area contributed by atoms with Crippen LogP contribution in [0.2, 0.25) is 10.4 Å². The van der Waals surface area contributed by atoms with E-state index >= 15 is 0 Å². The zero-order chi connectivity index (χ0) is 15.6. The summed E-state index contributed by atoms with van der Waals surface area (Å²) < 4.78 is 38.5. The maximum Gasteiger partial charge on any atom is 0.417 e. The van der Waals surface area contributed by atoms with Crippen molar-refractivity contribution < 1.29 is 13.2 Å². The van der Waals surface area contributed by atoms with Gasteiger partial charge < -0.3 is 5.32 Å². The molecule has 0 saturated heterocycles. The summed E-state index contributed by atoms with van der Waals surface area (Å²) in [6.07, 6.45) is -4.66. The van der Waals surface area contributed by atoms with Gasteiger partial charge in [0, 0.05) is 5.69 Å². The first-order chi connectivity index (χ1) is 9.81. The van der Waals surface area contributed by atoms with Crippen LogP contribution >= 0.6 is 23.2 Å². The Kier molecular flexibility index (Phi) is 4.16. The molecule has 0 radical (unpaired) electrons. The molecule has 0 unspecified atom stereocenters. The molecule has 1 aromatic carbocycles. The van der Waals surface area contributed by atoms with Crippen molar-refractivity contribution in [3.63, 3.8) is 0 Å².